The van der Waals surface area contributed by atoms with Crippen molar-refractivity contribution >= 4 is 5.91 Å². The standard InChI is InChI=1S/C24H23N5O3/c1-27-24(31)29(19-10-6-3-7-11-19)22(25-27)18-12-14-28(15-13-18)23(30)20-16-21(32-26-20)17-8-4-2-5-9-17/h2-11,16,18H,12-15H2,1H3. The largest absolute Gasteiger partial charge is 0.355 e. The molecular formula is C24H23N5O3. The Hall–Kier alpha value is -3.94. The monoisotopic (exact) mass is 429 g/mol. The third-order valence-electron chi connectivity index (χ3n) is 5.90. The number of hydrogen-bond donors (Lipinski definition) is 0. The minimum Gasteiger partial charge on any atom is -0.355 e. The molecule has 32 heavy (non-hydrogen) atoms. The van der Waals surface area contributed by atoms with Gasteiger partial charge in [0.05, 0.1) is 5.69 Å². The second kappa shape index (κ2) is 8.30. The van der Waals surface area contributed by atoms with Gasteiger partial charge in [-0.15, -0.1) is 0 Å². The fourth-order valence-electron chi connectivity index (χ4n) is 4.19. The summed E-state index contributed by atoms with van der Waals surface area (Å²) in [6.45, 7) is 1.13. The summed E-state index contributed by atoms with van der Waals surface area (Å²) in [4.78, 5) is 27.4. The molecule has 3 heterocycles. The lowest BCUT2D eigenvalue weighted by Gasteiger charge is -2.31. The average molecular weight is 429 g/mol. The average Bonchev–Trinajstić information content (AvgIpc) is 3.45. The maximum atomic E-state index is 13.0. The molecule has 0 aliphatic carbocycles. The first-order valence-electron chi connectivity index (χ1n) is 10.6. The maximum absolute atomic E-state index is 13.0. The van der Waals surface area contributed by atoms with Crippen LogP contribution in [0.5, 0.6) is 0 Å². The summed E-state index contributed by atoms with van der Waals surface area (Å²) < 4.78 is 8.43. The quantitative estimate of drug-likeness (QED) is 0.497. The van der Waals surface area contributed by atoms with Crippen molar-refractivity contribution in [1.29, 1.82) is 0 Å². The molecule has 0 radical (unpaired) electrons. The van der Waals surface area contributed by atoms with Gasteiger partial charge in [0.2, 0.25) is 0 Å². The van der Waals surface area contributed by atoms with Crippen molar-refractivity contribution in [2.24, 2.45) is 7.05 Å². The zero-order valence-corrected chi connectivity index (χ0v) is 17.7. The summed E-state index contributed by atoms with van der Waals surface area (Å²) in [6.07, 6.45) is 1.44. The molecule has 0 saturated carbocycles. The maximum Gasteiger partial charge on any atom is 0.350 e. The van der Waals surface area contributed by atoms with E-state index in [1.54, 1.807) is 22.6 Å². The number of carbonyl (C=O) groups excluding carboxylic acids is 1. The van der Waals surface area contributed by atoms with E-state index in [0.29, 0.717) is 24.5 Å². The Morgan fingerprint density at radius 1 is 1.00 bits per heavy atom. The van der Waals surface area contributed by atoms with E-state index in [1.807, 2.05) is 60.7 Å². The molecule has 1 aliphatic rings. The van der Waals surface area contributed by atoms with Crippen LogP contribution in [0.15, 0.2) is 76.0 Å². The lowest BCUT2D eigenvalue weighted by atomic mass is 9.95. The van der Waals surface area contributed by atoms with Crippen molar-refractivity contribution in [2.45, 2.75) is 18.8 Å². The minimum absolute atomic E-state index is 0.0883. The number of amides is 1. The molecule has 8 nitrogen and oxygen atoms in total. The van der Waals surface area contributed by atoms with Crippen molar-refractivity contribution in [3.05, 3.63) is 88.7 Å². The smallest absolute Gasteiger partial charge is 0.350 e. The molecule has 5 rings (SSSR count). The molecule has 4 aromatic rings. The molecule has 0 unspecified atom stereocenters. The summed E-state index contributed by atoms with van der Waals surface area (Å²) in [6, 6.07) is 20.8. The number of para-hydroxylation sites is 1. The highest BCUT2D eigenvalue weighted by Crippen LogP contribution is 2.29. The Morgan fingerprint density at radius 2 is 1.66 bits per heavy atom. The molecule has 162 valence electrons. The van der Waals surface area contributed by atoms with Gasteiger partial charge in [-0.3, -0.25) is 4.79 Å². The van der Waals surface area contributed by atoms with Crippen LogP contribution < -0.4 is 5.69 Å². The first kappa shape index (κ1) is 20.0. The molecule has 1 amide bonds. The van der Waals surface area contributed by atoms with E-state index in [1.165, 1.54) is 4.68 Å². The van der Waals surface area contributed by atoms with E-state index in [-0.39, 0.29) is 17.5 Å². The number of aryl methyl sites for hydroxylation is 1. The molecule has 1 saturated heterocycles. The van der Waals surface area contributed by atoms with E-state index in [9.17, 15) is 9.59 Å². The number of aromatic nitrogens is 4. The fraction of sp³-hybridized carbons (Fsp3) is 0.250. The molecule has 0 spiro atoms. The third-order valence-corrected chi connectivity index (χ3v) is 5.90. The molecule has 0 N–H and O–H groups in total. The van der Waals surface area contributed by atoms with Crippen LogP contribution in [0.2, 0.25) is 0 Å². The zero-order valence-electron chi connectivity index (χ0n) is 17.7. The van der Waals surface area contributed by atoms with Gasteiger partial charge in [-0.1, -0.05) is 53.7 Å². The zero-order chi connectivity index (χ0) is 22.1. The van der Waals surface area contributed by atoms with E-state index in [4.69, 9.17) is 4.52 Å². The van der Waals surface area contributed by atoms with Crippen molar-refractivity contribution in [3.63, 3.8) is 0 Å². The number of nitrogens with zero attached hydrogens (tertiary/aromatic N) is 5. The topological polar surface area (TPSA) is 86.2 Å². The summed E-state index contributed by atoms with van der Waals surface area (Å²) in [5.74, 6) is 1.26. The van der Waals surface area contributed by atoms with Crippen molar-refractivity contribution in [1.82, 2.24) is 24.4 Å². The highest BCUT2D eigenvalue weighted by Gasteiger charge is 2.30. The van der Waals surface area contributed by atoms with E-state index in [0.717, 1.165) is 29.9 Å². The van der Waals surface area contributed by atoms with E-state index in [2.05, 4.69) is 10.3 Å². The Bertz CT molecular complexity index is 1280. The summed E-state index contributed by atoms with van der Waals surface area (Å²) in [5.41, 5.74) is 1.82. The molecule has 0 atom stereocenters. The van der Waals surface area contributed by atoms with Gasteiger partial charge in [0.25, 0.3) is 5.91 Å². The number of rotatable bonds is 4. The summed E-state index contributed by atoms with van der Waals surface area (Å²) in [5, 5.41) is 8.50. The number of carbonyl (C=O) groups is 1. The van der Waals surface area contributed by atoms with Crippen LogP contribution in [0.1, 0.15) is 35.1 Å². The second-order valence-electron chi connectivity index (χ2n) is 7.94. The Kier molecular flexibility index (Phi) is 5.18. The molecule has 8 heteroatoms. The third kappa shape index (κ3) is 3.64. The number of hydrogen-bond acceptors (Lipinski definition) is 5. The Labute approximate surface area is 184 Å². The van der Waals surface area contributed by atoms with Gasteiger partial charge in [0.15, 0.2) is 11.5 Å². The van der Waals surface area contributed by atoms with Crippen LogP contribution in [0.3, 0.4) is 0 Å². The van der Waals surface area contributed by atoms with Crippen molar-refractivity contribution in [2.75, 3.05) is 13.1 Å². The molecule has 1 fully saturated rings. The van der Waals surface area contributed by atoms with Crippen molar-refractivity contribution in [3.8, 4) is 17.0 Å². The van der Waals surface area contributed by atoms with Crippen LogP contribution >= 0.6 is 0 Å². The van der Waals surface area contributed by atoms with Gasteiger partial charge in [0, 0.05) is 37.7 Å². The molecule has 2 aromatic heterocycles. The lowest BCUT2D eigenvalue weighted by molar-refractivity contribution is 0.0700. The minimum atomic E-state index is -0.166. The Balaban J connectivity index is 1.31. The first-order chi connectivity index (χ1) is 15.6. The van der Waals surface area contributed by atoms with Gasteiger partial charge >= 0.3 is 5.69 Å². The van der Waals surface area contributed by atoms with Gasteiger partial charge < -0.3 is 9.42 Å². The van der Waals surface area contributed by atoms with Crippen molar-refractivity contribution < 1.29 is 9.32 Å². The molecule has 2 aromatic carbocycles. The predicted molar refractivity (Wildman–Crippen MR) is 119 cm³/mol. The van der Waals surface area contributed by atoms with Crippen LogP contribution in [0.4, 0.5) is 0 Å². The van der Waals surface area contributed by atoms with E-state index >= 15 is 0 Å². The predicted octanol–water partition coefficient (Wildman–Crippen LogP) is 3.25. The summed E-state index contributed by atoms with van der Waals surface area (Å²) in [7, 11) is 1.67. The fourth-order valence-corrected chi connectivity index (χ4v) is 4.19. The molecule has 0 bridgehead atoms. The van der Waals surface area contributed by atoms with Gasteiger partial charge in [-0.2, -0.15) is 5.10 Å². The number of piperidine rings is 1. The highest BCUT2D eigenvalue weighted by atomic mass is 16.5. The normalized spacial score (nSPS) is 14.6. The van der Waals surface area contributed by atoms with Gasteiger partial charge in [-0.05, 0) is 25.0 Å². The molecule has 1 aliphatic heterocycles. The first-order valence-corrected chi connectivity index (χ1v) is 10.6. The highest BCUT2D eigenvalue weighted by molar-refractivity contribution is 5.93. The lowest BCUT2D eigenvalue weighted by Crippen LogP contribution is -2.38. The summed E-state index contributed by atoms with van der Waals surface area (Å²) >= 11 is 0. The van der Waals surface area contributed by atoms with E-state index < -0.39 is 0 Å². The number of benzene rings is 2. The molecular weight excluding hydrogens is 406 g/mol. The van der Waals surface area contributed by atoms with Gasteiger partial charge in [0.1, 0.15) is 5.82 Å². The SMILES string of the molecule is Cn1nc(C2CCN(C(=O)c3cc(-c4ccccc4)on3)CC2)n(-c2ccccc2)c1=O. The van der Waals surface area contributed by atoms with Crippen LogP contribution in [-0.4, -0.2) is 43.4 Å². The van der Waals surface area contributed by atoms with Gasteiger partial charge in [-0.25, -0.2) is 14.0 Å². The van der Waals surface area contributed by atoms with Crippen LogP contribution in [0.25, 0.3) is 17.0 Å². The Morgan fingerprint density at radius 3 is 2.34 bits per heavy atom. The van der Waals surface area contributed by atoms with Crippen LogP contribution in [0, 0.1) is 0 Å². The second-order valence-corrected chi connectivity index (χ2v) is 7.94. The van der Waals surface area contributed by atoms with Crippen LogP contribution in [-0.2, 0) is 7.05 Å². The number of likely N-dealkylation sites (tertiary alicyclic amines) is 1.